The maximum absolute atomic E-state index is 10.6. The van der Waals surface area contributed by atoms with Crippen molar-refractivity contribution in [3.05, 3.63) is 109 Å². The summed E-state index contributed by atoms with van der Waals surface area (Å²) in [5, 5.41) is 12.8. The molecule has 5 heteroatoms. The molecule has 198 valence electrons. The van der Waals surface area contributed by atoms with Gasteiger partial charge in [-0.05, 0) is 79.0 Å². The predicted octanol–water partition coefficient (Wildman–Crippen LogP) is 7.52. The van der Waals surface area contributed by atoms with Gasteiger partial charge in [0.15, 0.2) is 5.58 Å². The highest BCUT2D eigenvalue weighted by atomic mass is 16.5. The molecule has 0 saturated heterocycles. The van der Waals surface area contributed by atoms with Crippen LogP contribution in [-0.2, 0) is 4.65 Å². The second kappa shape index (κ2) is 10.1. The van der Waals surface area contributed by atoms with Gasteiger partial charge in [-0.1, -0.05) is 91.0 Å². The summed E-state index contributed by atoms with van der Waals surface area (Å²) >= 11 is 0. The number of benzene rings is 5. The van der Waals surface area contributed by atoms with E-state index in [9.17, 15) is 5.11 Å². The molecule has 1 N–H and O–H groups in total. The van der Waals surface area contributed by atoms with Crippen LogP contribution in [0.1, 0.15) is 27.7 Å². The third-order valence-electron chi connectivity index (χ3n) is 8.00. The predicted molar refractivity (Wildman–Crippen MR) is 166 cm³/mol. The molecule has 6 aromatic rings. The maximum atomic E-state index is 10.6. The molecule has 0 aliphatic heterocycles. The average Bonchev–Trinajstić information content (AvgIpc) is 3.41. The standard InChI is InChI=1S/C35H32BNO3/c1-34(2,38)35(3,4)40-36-30-19-10-9-18-29(30)28-17-8-7-15-26(28)24-13-11-14-25(22-24)33-37-31-21-20-23-12-5-6-16-27(23)32(31)39-33/h5-22,36,38H,1-4H3. The molecule has 0 saturated carbocycles. The lowest BCUT2D eigenvalue weighted by atomic mass is 9.78. The van der Waals surface area contributed by atoms with Crippen molar-refractivity contribution in [1.82, 2.24) is 4.98 Å². The molecule has 0 spiro atoms. The summed E-state index contributed by atoms with van der Waals surface area (Å²) in [5.74, 6) is 0.605. The summed E-state index contributed by atoms with van der Waals surface area (Å²) < 4.78 is 12.6. The fourth-order valence-corrected chi connectivity index (χ4v) is 4.91. The quantitative estimate of drug-likeness (QED) is 0.219. The molecule has 0 unspecified atom stereocenters. The molecule has 0 fully saturated rings. The lowest BCUT2D eigenvalue weighted by Crippen LogP contribution is -2.49. The van der Waals surface area contributed by atoms with Crippen LogP contribution in [0.5, 0.6) is 0 Å². The molecule has 6 rings (SSSR count). The van der Waals surface area contributed by atoms with Gasteiger partial charge >= 0.3 is 7.48 Å². The first-order valence-corrected chi connectivity index (χ1v) is 13.6. The second-order valence-electron chi connectivity index (χ2n) is 11.3. The van der Waals surface area contributed by atoms with Gasteiger partial charge in [-0.25, -0.2) is 4.98 Å². The zero-order chi connectivity index (χ0) is 27.9. The Balaban J connectivity index is 1.39. The number of hydrogen-bond acceptors (Lipinski definition) is 4. The summed E-state index contributed by atoms with van der Waals surface area (Å²) in [4.78, 5) is 4.83. The number of aromatic nitrogens is 1. The minimum absolute atomic E-state index is 0.387. The number of hydrogen-bond donors (Lipinski definition) is 1. The summed E-state index contributed by atoms with van der Waals surface area (Å²) in [7, 11) is 0.387. The Kier molecular flexibility index (Phi) is 6.57. The average molecular weight is 525 g/mol. The Morgan fingerprint density at radius 2 is 1.38 bits per heavy atom. The topological polar surface area (TPSA) is 55.5 Å². The third-order valence-corrected chi connectivity index (χ3v) is 8.00. The van der Waals surface area contributed by atoms with Crippen LogP contribution in [0, 0.1) is 0 Å². The summed E-state index contributed by atoms with van der Waals surface area (Å²) in [6.07, 6.45) is 0. The highest BCUT2D eigenvalue weighted by molar-refractivity contribution is 6.49. The molecule has 0 aliphatic rings. The van der Waals surface area contributed by atoms with Gasteiger partial charge in [0, 0.05) is 10.9 Å². The smallest absolute Gasteiger partial charge is 0.310 e. The Morgan fingerprint density at radius 1 is 0.700 bits per heavy atom. The Morgan fingerprint density at radius 3 is 2.17 bits per heavy atom. The van der Waals surface area contributed by atoms with E-state index in [0.717, 1.165) is 55.2 Å². The van der Waals surface area contributed by atoms with Gasteiger partial charge in [-0.15, -0.1) is 0 Å². The molecule has 4 nitrogen and oxygen atoms in total. The van der Waals surface area contributed by atoms with Crippen LogP contribution >= 0.6 is 0 Å². The Bertz CT molecular complexity index is 1830. The van der Waals surface area contributed by atoms with Gasteiger partial charge in [0.25, 0.3) is 0 Å². The summed E-state index contributed by atoms with van der Waals surface area (Å²) in [6.45, 7) is 7.40. The molecule has 5 aromatic carbocycles. The normalized spacial score (nSPS) is 12.2. The highest BCUT2D eigenvalue weighted by Gasteiger charge is 2.35. The van der Waals surface area contributed by atoms with E-state index in [0.29, 0.717) is 13.4 Å². The zero-order valence-corrected chi connectivity index (χ0v) is 23.3. The van der Waals surface area contributed by atoms with Crippen molar-refractivity contribution in [3.63, 3.8) is 0 Å². The van der Waals surface area contributed by atoms with E-state index in [1.54, 1.807) is 13.8 Å². The molecule has 40 heavy (non-hydrogen) atoms. The maximum Gasteiger partial charge on any atom is 0.310 e. The lowest BCUT2D eigenvalue weighted by molar-refractivity contribution is -0.0893. The molecular weight excluding hydrogens is 493 g/mol. The van der Waals surface area contributed by atoms with Crippen LogP contribution in [0.3, 0.4) is 0 Å². The van der Waals surface area contributed by atoms with Crippen LogP contribution in [-0.4, -0.2) is 28.8 Å². The fraction of sp³-hybridized carbons (Fsp3) is 0.171. The van der Waals surface area contributed by atoms with Crippen molar-refractivity contribution in [1.29, 1.82) is 0 Å². The van der Waals surface area contributed by atoms with Crippen LogP contribution in [0.15, 0.2) is 114 Å². The number of fused-ring (bicyclic) bond motifs is 3. The van der Waals surface area contributed by atoms with Gasteiger partial charge in [-0.3, -0.25) is 0 Å². The second-order valence-corrected chi connectivity index (χ2v) is 11.3. The van der Waals surface area contributed by atoms with Crippen LogP contribution in [0.25, 0.3) is 55.6 Å². The molecule has 1 aromatic heterocycles. The molecule has 0 atom stereocenters. The monoisotopic (exact) mass is 525 g/mol. The van der Waals surface area contributed by atoms with Crippen LogP contribution in [0.4, 0.5) is 0 Å². The first kappa shape index (κ1) is 26.1. The van der Waals surface area contributed by atoms with E-state index < -0.39 is 11.2 Å². The number of oxazole rings is 1. The van der Waals surface area contributed by atoms with Crippen molar-refractivity contribution in [2.45, 2.75) is 38.9 Å². The van der Waals surface area contributed by atoms with Crippen molar-refractivity contribution in [3.8, 4) is 33.7 Å². The molecule has 0 radical (unpaired) electrons. The largest absolute Gasteiger partial charge is 0.435 e. The van der Waals surface area contributed by atoms with Crippen molar-refractivity contribution >= 4 is 34.8 Å². The van der Waals surface area contributed by atoms with E-state index in [4.69, 9.17) is 14.1 Å². The van der Waals surface area contributed by atoms with Gasteiger partial charge in [0.05, 0.1) is 11.2 Å². The van der Waals surface area contributed by atoms with Crippen molar-refractivity contribution in [2.75, 3.05) is 0 Å². The number of aliphatic hydroxyl groups is 1. The van der Waals surface area contributed by atoms with E-state index in [-0.39, 0.29) is 0 Å². The van der Waals surface area contributed by atoms with Gasteiger partial charge in [-0.2, -0.15) is 0 Å². The molecule has 0 bridgehead atoms. The molecule has 0 aliphatic carbocycles. The highest BCUT2D eigenvalue weighted by Crippen LogP contribution is 2.35. The number of nitrogens with zero attached hydrogens (tertiary/aromatic N) is 1. The van der Waals surface area contributed by atoms with Crippen molar-refractivity contribution < 1.29 is 14.2 Å². The van der Waals surface area contributed by atoms with Crippen LogP contribution in [0.2, 0.25) is 0 Å². The SMILES string of the molecule is CC(C)(O)C(C)(C)OBc1ccccc1-c1ccccc1-c1cccc(-c2nc3ccc4ccccc4c3o2)c1. The first-order chi connectivity index (χ1) is 19.2. The van der Waals surface area contributed by atoms with Gasteiger partial charge < -0.3 is 14.2 Å². The lowest BCUT2D eigenvalue weighted by Gasteiger charge is -2.37. The van der Waals surface area contributed by atoms with Crippen LogP contribution < -0.4 is 5.46 Å². The van der Waals surface area contributed by atoms with E-state index >= 15 is 0 Å². The molecular formula is C35H32BNO3. The molecule has 1 heterocycles. The molecule has 0 amide bonds. The summed E-state index contributed by atoms with van der Waals surface area (Å²) in [6, 6.07) is 37.4. The Hall–Kier alpha value is -4.19. The van der Waals surface area contributed by atoms with Gasteiger partial charge in [0.2, 0.25) is 5.89 Å². The van der Waals surface area contributed by atoms with Gasteiger partial charge in [0.1, 0.15) is 5.52 Å². The van der Waals surface area contributed by atoms with Crippen molar-refractivity contribution in [2.24, 2.45) is 0 Å². The minimum atomic E-state index is -0.975. The third kappa shape index (κ3) is 4.83. The first-order valence-electron chi connectivity index (χ1n) is 13.6. The summed E-state index contributed by atoms with van der Waals surface area (Å²) in [5.41, 5.74) is 6.37. The number of rotatable bonds is 7. The zero-order valence-electron chi connectivity index (χ0n) is 23.3. The fourth-order valence-electron chi connectivity index (χ4n) is 4.91. The Labute approximate surface area is 235 Å². The minimum Gasteiger partial charge on any atom is -0.435 e. The van der Waals surface area contributed by atoms with E-state index in [1.165, 1.54) is 0 Å². The van der Waals surface area contributed by atoms with E-state index in [1.807, 2.05) is 44.2 Å². The van der Waals surface area contributed by atoms with E-state index in [2.05, 4.69) is 78.9 Å².